The second-order valence-electron chi connectivity index (χ2n) is 5.93. The van der Waals surface area contributed by atoms with E-state index < -0.39 is 10.0 Å². The zero-order valence-electron chi connectivity index (χ0n) is 13.4. The molecule has 1 N–H and O–H groups in total. The molecule has 0 radical (unpaired) electrons. The van der Waals surface area contributed by atoms with Gasteiger partial charge in [-0.05, 0) is 24.0 Å². The predicted molar refractivity (Wildman–Crippen MR) is 83.9 cm³/mol. The molecule has 0 aromatic carbocycles. The minimum Gasteiger partial charge on any atom is -0.385 e. The Bertz CT molecular complexity index is 539. The van der Waals surface area contributed by atoms with Crippen LogP contribution in [-0.4, -0.2) is 52.1 Å². The van der Waals surface area contributed by atoms with Gasteiger partial charge in [0, 0.05) is 40.6 Å². The van der Waals surface area contributed by atoms with Crippen LogP contribution in [0.5, 0.6) is 0 Å². The predicted octanol–water partition coefficient (Wildman–Crippen LogP) is 1.81. The van der Waals surface area contributed by atoms with Gasteiger partial charge in [-0.2, -0.15) is 0 Å². The van der Waals surface area contributed by atoms with Gasteiger partial charge in [0.05, 0.1) is 0 Å². The van der Waals surface area contributed by atoms with Crippen LogP contribution in [0.2, 0.25) is 0 Å². The SMILES string of the molecule is COCCC(C)(C)CNc1ccc(S(=O)(=O)N(C)C)cn1. The zero-order valence-corrected chi connectivity index (χ0v) is 14.2. The number of aromatic nitrogens is 1. The smallest absolute Gasteiger partial charge is 0.244 e. The van der Waals surface area contributed by atoms with Crippen LogP contribution in [-0.2, 0) is 14.8 Å². The van der Waals surface area contributed by atoms with E-state index in [0.29, 0.717) is 12.4 Å². The van der Waals surface area contributed by atoms with Crippen molar-refractivity contribution < 1.29 is 13.2 Å². The Morgan fingerprint density at radius 3 is 2.48 bits per heavy atom. The summed E-state index contributed by atoms with van der Waals surface area (Å²) in [6, 6.07) is 3.25. The van der Waals surface area contributed by atoms with Crippen molar-refractivity contribution in [1.29, 1.82) is 0 Å². The van der Waals surface area contributed by atoms with Crippen LogP contribution < -0.4 is 5.32 Å². The lowest BCUT2D eigenvalue weighted by atomic mass is 9.90. The summed E-state index contributed by atoms with van der Waals surface area (Å²) in [5, 5.41) is 3.23. The first-order valence-corrected chi connectivity index (χ1v) is 8.24. The lowest BCUT2D eigenvalue weighted by molar-refractivity contribution is 0.157. The summed E-state index contributed by atoms with van der Waals surface area (Å²) in [4.78, 5) is 4.35. The minimum atomic E-state index is -3.42. The van der Waals surface area contributed by atoms with E-state index in [1.54, 1.807) is 19.2 Å². The van der Waals surface area contributed by atoms with E-state index in [0.717, 1.165) is 13.0 Å². The lowest BCUT2D eigenvalue weighted by Crippen LogP contribution is -2.25. The Hall–Kier alpha value is -1.18. The number of nitrogens with one attached hydrogen (secondary N) is 1. The highest BCUT2D eigenvalue weighted by atomic mass is 32.2. The molecule has 0 atom stereocenters. The fraction of sp³-hybridized carbons (Fsp3) is 0.643. The van der Waals surface area contributed by atoms with E-state index in [2.05, 4.69) is 24.1 Å². The van der Waals surface area contributed by atoms with Crippen molar-refractivity contribution in [3.63, 3.8) is 0 Å². The van der Waals surface area contributed by atoms with E-state index in [-0.39, 0.29) is 10.3 Å². The van der Waals surface area contributed by atoms with Crippen LogP contribution in [0.3, 0.4) is 0 Å². The Labute approximate surface area is 127 Å². The Kier molecular flexibility index (Phi) is 6.12. The van der Waals surface area contributed by atoms with Crippen molar-refractivity contribution in [2.24, 2.45) is 5.41 Å². The zero-order chi connectivity index (χ0) is 16.1. The second kappa shape index (κ2) is 7.20. The number of anilines is 1. The van der Waals surface area contributed by atoms with Gasteiger partial charge in [0.2, 0.25) is 10.0 Å². The summed E-state index contributed by atoms with van der Waals surface area (Å²) in [5.41, 5.74) is 0.0755. The molecule has 1 aromatic rings. The van der Waals surface area contributed by atoms with Gasteiger partial charge in [-0.15, -0.1) is 0 Å². The van der Waals surface area contributed by atoms with Gasteiger partial charge in [-0.3, -0.25) is 0 Å². The number of hydrogen-bond acceptors (Lipinski definition) is 5. The third-order valence-electron chi connectivity index (χ3n) is 3.25. The summed E-state index contributed by atoms with van der Waals surface area (Å²) in [5.74, 6) is 0.665. The van der Waals surface area contributed by atoms with E-state index >= 15 is 0 Å². The summed E-state index contributed by atoms with van der Waals surface area (Å²) in [6.45, 7) is 5.74. The highest BCUT2D eigenvalue weighted by molar-refractivity contribution is 7.89. The van der Waals surface area contributed by atoms with Crippen molar-refractivity contribution in [3.8, 4) is 0 Å². The summed E-state index contributed by atoms with van der Waals surface area (Å²) in [7, 11) is 1.27. The van der Waals surface area contributed by atoms with Crippen LogP contribution in [0.15, 0.2) is 23.2 Å². The van der Waals surface area contributed by atoms with Gasteiger partial charge >= 0.3 is 0 Å². The molecule has 0 aliphatic carbocycles. The number of rotatable bonds is 8. The van der Waals surface area contributed by atoms with Crippen molar-refractivity contribution in [3.05, 3.63) is 18.3 Å². The topological polar surface area (TPSA) is 71.5 Å². The molecule has 0 aliphatic heterocycles. The highest BCUT2D eigenvalue weighted by Crippen LogP contribution is 2.21. The number of pyridine rings is 1. The first kappa shape index (κ1) is 17.9. The molecule has 120 valence electrons. The first-order chi connectivity index (χ1) is 9.69. The van der Waals surface area contributed by atoms with Gasteiger partial charge in [0.15, 0.2) is 0 Å². The van der Waals surface area contributed by atoms with Crippen LogP contribution in [0.1, 0.15) is 20.3 Å². The van der Waals surface area contributed by atoms with E-state index in [9.17, 15) is 8.42 Å². The number of nitrogens with zero attached hydrogens (tertiary/aromatic N) is 2. The van der Waals surface area contributed by atoms with E-state index in [4.69, 9.17) is 4.74 Å². The summed E-state index contributed by atoms with van der Waals surface area (Å²) >= 11 is 0. The van der Waals surface area contributed by atoms with Crippen molar-refractivity contribution in [1.82, 2.24) is 9.29 Å². The van der Waals surface area contributed by atoms with Gasteiger partial charge in [-0.25, -0.2) is 17.7 Å². The van der Waals surface area contributed by atoms with E-state index in [1.165, 1.54) is 24.6 Å². The maximum Gasteiger partial charge on any atom is 0.244 e. The lowest BCUT2D eigenvalue weighted by Gasteiger charge is -2.24. The molecular formula is C14H25N3O3S. The monoisotopic (exact) mass is 315 g/mol. The molecule has 1 aromatic heterocycles. The van der Waals surface area contributed by atoms with Gasteiger partial charge in [-0.1, -0.05) is 13.8 Å². The molecule has 0 saturated heterocycles. The molecule has 0 fully saturated rings. The largest absolute Gasteiger partial charge is 0.385 e. The molecule has 6 nitrogen and oxygen atoms in total. The third-order valence-corrected chi connectivity index (χ3v) is 5.04. The maximum atomic E-state index is 11.9. The quantitative estimate of drug-likeness (QED) is 0.792. The highest BCUT2D eigenvalue weighted by Gasteiger charge is 2.19. The molecule has 0 unspecified atom stereocenters. The van der Waals surface area contributed by atoms with Gasteiger partial charge in [0.1, 0.15) is 10.7 Å². The molecule has 0 bridgehead atoms. The van der Waals surface area contributed by atoms with Crippen LogP contribution in [0, 0.1) is 5.41 Å². The molecule has 1 heterocycles. The van der Waals surface area contributed by atoms with Crippen molar-refractivity contribution in [2.45, 2.75) is 25.2 Å². The number of sulfonamides is 1. The average Bonchev–Trinajstić information content (AvgIpc) is 2.43. The van der Waals surface area contributed by atoms with Gasteiger partial charge < -0.3 is 10.1 Å². The van der Waals surface area contributed by atoms with Crippen LogP contribution >= 0.6 is 0 Å². The molecule has 0 aliphatic rings. The maximum absolute atomic E-state index is 11.9. The fourth-order valence-corrected chi connectivity index (χ4v) is 2.49. The minimum absolute atomic E-state index is 0.0755. The standard InChI is InChI=1S/C14H25N3O3S/c1-14(2,8-9-20-5)11-16-13-7-6-12(10-15-13)21(18,19)17(3)4/h6-7,10H,8-9,11H2,1-5H3,(H,15,16). The van der Waals surface area contributed by atoms with Crippen LogP contribution in [0.4, 0.5) is 5.82 Å². The Morgan fingerprint density at radius 1 is 1.33 bits per heavy atom. The molecule has 0 saturated carbocycles. The fourth-order valence-electron chi connectivity index (χ4n) is 1.64. The van der Waals surface area contributed by atoms with Crippen molar-refractivity contribution in [2.75, 3.05) is 39.7 Å². The molecular weight excluding hydrogens is 290 g/mol. The molecule has 7 heteroatoms. The van der Waals surface area contributed by atoms with E-state index in [1.807, 2.05) is 0 Å². The molecule has 0 amide bonds. The molecule has 1 rings (SSSR count). The summed E-state index contributed by atoms with van der Waals surface area (Å²) < 4.78 is 30.1. The second-order valence-corrected chi connectivity index (χ2v) is 8.08. The third kappa shape index (κ3) is 5.26. The number of methoxy groups -OCH3 is 1. The van der Waals surface area contributed by atoms with Gasteiger partial charge in [0.25, 0.3) is 0 Å². The Morgan fingerprint density at radius 2 is 2.00 bits per heavy atom. The normalized spacial score (nSPS) is 12.7. The number of ether oxygens (including phenoxy) is 1. The number of hydrogen-bond donors (Lipinski definition) is 1. The first-order valence-electron chi connectivity index (χ1n) is 6.80. The average molecular weight is 315 g/mol. The summed E-state index contributed by atoms with van der Waals surface area (Å²) in [6.07, 6.45) is 2.31. The molecule has 21 heavy (non-hydrogen) atoms. The Balaban J connectivity index is 2.68. The molecule has 0 spiro atoms. The van der Waals surface area contributed by atoms with Crippen molar-refractivity contribution >= 4 is 15.8 Å². The van der Waals surface area contributed by atoms with Crippen LogP contribution in [0.25, 0.3) is 0 Å².